The van der Waals surface area contributed by atoms with E-state index in [1.54, 1.807) is 17.2 Å². The fourth-order valence-electron chi connectivity index (χ4n) is 2.71. The Bertz CT molecular complexity index is 755. The predicted molar refractivity (Wildman–Crippen MR) is 87.1 cm³/mol. The molecule has 1 aliphatic heterocycles. The summed E-state index contributed by atoms with van der Waals surface area (Å²) in [6.07, 6.45) is 2.66. The number of benzene rings is 1. The number of carbonyl (C=O) groups is 1. The van der Waals surface area contributed by atoms with E-state index >= 15 is 0 Å². The Morgan fingerprint density at radius 1 is 1.35 bits per heavy atom. The van der Waals surface area contributed by atoms with Crippen LogP contribution in [-0.2, 0) is 4.79 Å². The monoisotopic (exact) mass is 307 g/mol. The van der Waals surface area contributed by atoms with Crippen LogP contribution >= 0.6 is 0 Å². The third-order valence-electron chi connectivity index (χ3n) is 4.18. The number of nitriles is 1. The van der Waals surface area contributed by atoms with E-state index in [0.29, 0.717) is 31.2 Å². The number of anilines is 3. The molecular formula is C17H17N5O. The lowest BCUT2D eigenvalue weighted by molar-refractivity contribution is -0.123. The van der Waals surface area contributed by atoms with Gasteiger partial charge in [-0.2, -0.15) is 10.2 Å². The fraction of sp³-hybridized carbons (Fsp3) is 0.294. The second-order valence-corrected chi connectivity index (χ2v) is 5.48. The summed E-state index contributed by atoms with van der Waals surface area (Å²) >= 11 is 0. The summed E-state index contributed by atoms with van der Waals surface area (Å²) in [6, 6.07) is 13.5. The van der Waals surface area contributed by atoms with Crippen LogP contribution in [0.4, 0.5) is 17.5 Å². The standard InChI is InChI=1S/C17H17N5O/c1-2-17(12-18)9-11-22(15(17)23)14-8-10-19-16(21-14)20-13-6-4-3-5-7-13/h3-8,10H,2,9,11H2,1H3,(H,19,20,21). The topological polar surface area (TPSA) is 81.9 Å². The SMILES string of the molecule is CCC1(C#N)CCN(c2ccnc(Nc3ccccc3)n2)C1=O. The number of hydrogen-bond donors (Lipinski definition) is 1. The third-order valence-corrected chi connectivity index (χ3v) is 4.18. The van der Waals surface area contributed by atoms with Gasteiger partial charge < -0.3 is 5.32 Å². The van der Waals surface area contributed by atoms with Crippen LogP contribution in [0.1, 0.15) is 19.8 Å². The normalized spacial score (nSPS) is 20.3. The summed E-state index contributed by atoms with van der Waals surface area (Å²) in [7, 11) is 0. The highest BCUT2D eigenvalue weighted by Crippen LogP contribution is 2.36. The van der Waals surface area contributed by atoms with Crippen molar-refractivity contribution in [3.05, 3.63) is 42.6 Å². The Balaban J connectivity index is 1.84. The molecule has 23 heavy (non-hydrogen) atoms. The lowest BCUT2D eigenvalue weighted by Crippen LogP contribution is -2.33. The van der Waals surface area contributed by atoms with Crippen LogP contribution in [0.5, 0.6) is 0 Å². The van der Waals surface area contributed by atoms with Gasteiger partial charge in [-0.3, -0.25) is 9.69 Å². The zero-order valence-electron chi connectivity index (χ0n) is 12.9. The molecular weight excluding hydrogens is 290 g/mol. The summed E-state index contributed by atoms with van der Waals surface area (Å²) < 4.78 is 0. The highest BCUT2D eigenvalue weighted by atomic mass is 16.2. The summed E-state index contributed by atoms with van der Waals surface area (Å²) in [5.74, 6) is 0.772. The summed E-state index contributed by atoms with van der Waals surface area (Å²) in [5, 5.41) is 12.5. The maximum Gasteiger partial charge on any atom is 0.248 e. The first-order chi connectivity index (χ1) is 11.2. The molecule has 2 heterocycles. The first-order valence-electron chi connectivity index (χ1n) is 7.57. The van der Waals surface area contributed by atoms with E-state index < -0.39 is 5.41 Å². The predicted octanol–water partition coefficient (Wildman–Crippen LogP) is 2.88. The zero-order chi connectivity index (χ0) is 16.3. The van der Waals surface area contributed by atoms with Crippen LogP contribution in [0.3, 0.4) is 0 Å². The Hall–Kier alpha value is -2.94. The molecule has 1 aromatic carbocycles. The van der Waals surface area contributed by atoms with Gasteiger partial charge in [-0.25, -0.2) is 4.98 Å². The van der Waals surface area contributed by atoms with Crippen molar-refractivity contribution in [2.75, 3.05) is 16.8 Å². The van der Waals surface area contributed by atoms with E-state index in [9.17, 15) is 10.1 Å². The molecule has 6 nitrogen and oxygen atoms in total. The third kappa shape index (κ3) is 2.73. The largest absolute Gasteiger partial charge is 0.324 e. The molecule has 0 bridgehead atoms. The van der Waals surface area contributed by atoms with Crippen LogP contribution in [-0.4, -0.2) is 22.4 Å². The van der Waals surface area contributed by atoms with Crippen molar-refractivity contribution in [3.63, 3.8) is 0 Å². The van der Waals surface area contributed by atoms with Crippen molar-refractivity contribution in [3.8, 4) is 6.07 Å². The van der Waals surface area contributed by atoms with Crippen molar-refractivity contribution in [2.24, 2.45) is 5.41 Å². The van der Waals surface area contributed by atoms with Gasteiger partial charge in [0.2, 0.25) is 11.9 Å². The average molecular weight is 307 g/mol. The second-order valence-electron chi connectivity index (χ2n) is 5.48. The van der Waals surface area contributed by atoms with Gasteiger partial charge in [0.25, 0.3) is 0 Å². The van der Waals surface area contributed by atoms with E-state index in [2.05, 4.69) is 21.4 Å². The van der Waals surface area contributed by atoms with E-state index in [4.69, 9.17) is 0 Å². The van der Waals surface area contributed by atoms with Gasteiger partial charge in [-0.05, 0) is 31.0 Å². The number of para-hydroxylation sites is 1. The second kappa shape index (κ2) is 6.05. The molecule has 0 aliphatic carbocycles. The van der Waals surface area contributed by atoms with E-state index in [1.807, 2.05) is 37.3 Å². The molecule has 6 heteroatoms. The van der Waals surface area contributed by atoms with E-state index in [0.717, 1.165) is 5.69 Å². The molecule has 1 aromatic heterocycles. The van der Waals surface area contributed by atoms with Crippen molar-refractivity contribution in [1.29, 1.82) is 5.26 Å². The van der Waals surface area contributed by atoms with Crippen LogP contribution in [0.25, 0.3) is 0 Å². The molecule has 116 valence electrons. The number of hydrogen-bond acceptors (Lipinski definition) is 5. The number of aromatic nitrogens is 2. The van der Waals surface area contributed by atoms with E-state index in [1.165, 1.54) is 0 Å². The van der Waals surface area contributed by atoms with Gasteiger partial charge in [0.15, 0.2) is 0 Å². The number of carbonyl (C=O) groups excluding carboxylic acids is 1. The number of nitrogens with one attached hydrogen (secondary N) is 1. The molecule has 1 saturated heterocycles. The van der Waals surface area contributed by atoms with Crippen LogP contribution < -0.4 is 10.2 Å². The van der Waals surface area contributed by atoms with Crippen LogP contribution in [0.2, 0.25) is 0 Å². The zero-order valence-corrected chi connectivity index (χ0v) is 12.9. The van der Waals surface area contributed by atoms with Crippen LogP contribution in [0, 0.1) is 16.7 Å². The van der Waals surface area contributed by atoms with E-state index in [-0.39, 0.29) is 5.91 Å². The minimum atomic E-state index is -0.919. The lowest BCUT2D eigenvalue weighted by Gasteiger charge is -2.19. The highest BCUT2D eigenvalue weighted by Gasteiger charge is 2.46. The molecule has 1 amide bonds. The smallest absolute Gasteiger partial charge is 0.248 e. The number of nitrogens with zero attached hydrogens (tertiary/aromatic N) is 4. The van der Waals surface area contributed by atoms with Gasteiger partial charge in [0, 0.05) is 18.4 Å². The van der Waals surface area contributed by atoms with Gasteiger partial charge in [0.05, 0.1) is 6.07 Å². The quantitative estimate of drug-likeness (QED) is 0.939. The maximum atomic E-state index is 12.6. The van der Waals surface area contributed by atoms with Crippen molar-refractivity contribution in [1.82, 2.24) is 9.97 Å². The van der Waals surface area contributed by atoms with Crippen LogP contribution in [0.15, 0.2) is 42.6 Å². The molecule has 1 N–H and O–H groups in total. The molecule has 0 saturated carbocycles. The van der Waals surface area contributed by atoms with Crippen molar-refractivity contribution >= 4 is 23.4 Å². The van der Waals surface area contributed by atoms with Gasteiger partial charge in [0.1, 0.15) is 11.2 Å². The highest BCUT2D eigenvalue weighted by molar-refractivity contribution is 6.01. The Morgan fingerprint density at radius 2 is 2.13 bits per heavy atom. The Kier molecular flexibility index (Phi) is 3.94. The average Bonchev–Trinajstić information content (AvgIpc) is 2.93. The molecule has 1 aliphatic rings. The number of rotatable bonds is 4. The molecule has 1 unspecified atom stereocenters. The summed E-state index contributed by atoms with van der Waals surface area (Å²) in [6.45, 7) is 2.37. The van der Waals surface area contributed by atoms with Gasteiger partial charge >= 0.3 is 0 Å². The molecule has 1 atom stereocenters. The Morgan fingerprint density at radius 3 is 2.78 bits per heavy atom. The minimum absolute atomic E-state index is 0.174. The summed E-state index contributed by atoms with van der Waals surface area (Å²) in [5.41, 5.74) is -0.0462. The first kappa shape index (κ1) is 15.0. The maximum absolute atomic E-state index is 12.6. The van der Waals surface area contributed by atoms with Crippen molar-refractivity contribution in [2.45, 2.75) is 19.8 Å². The molecule has 1 fully saturated rings. The fourth-order valence-corrected chi connectivity index (χ4v) is 2.71. The molecule has 3 rings (SSSR count). The van der Waals surface area contributed by atoms with Gasteiger partial charge in [-0.1, -0.05) is 25.1 Å². The summed E-state index contributed by atoms with van der Waals surface area (Å²) in [4.78, 5) is 22.7. The Labute approximate surface area is 134 Å². The first-order valence-corrected chi connectivity index (χ1v) is 7.57. The minimum Gasteiger partial charge on any atom is -0.324 e. The van der Waals surface area contributed by atoms with Crippen molar-refractivity contribution < 1.29 is 4.79 Å². The number of amides is 1. The molecule has 0 spiro atoms. The molecule has 2 aromatic rings. The molecule has 0 radical (unpaired) electrons. The van der Waals surface area contributed by atoms with Gasteiger partial charge in [-0.15, -0.1) is 0 Å². The lowest BCUT2D eigenvalue weighted by atomic mass is 9.85.